The molecule has 1 aromatic carbocycles. The normalized spacial score (nSPS) is 16.3. The Kier molecular flexibility index (Phi) is 9.35. The second-order valence-electron chi connectivity index (χ2n) is 12.0. The summed E-state index contributed by atoms with van der Waals surface area (Å²) in [5.74, 6) is 2.23. The summed E-state index contributed by atoms with van der Waals surface area (Å²) >= 11 is 0. The Bertz CT molecular complexity index is 1500. The SMILES string of the molecule is COc1nc(Nc2cc(-c3ccc(OC4CCN(C(=O)OC(C)(C)C)CC4)c(C#N)c3)ncn2)ccc1N1CCN(C)CC1. The number of hydrogen-bond donors (Lipinski definition) is 1. The first-order valence-electron chi connectivity index (χ1n) is 14.9. The molecule has 4 heterocycles. The molecule has 0 saturated carbocycles. The van der Waals surface area contributed by atoms with Crippen molar-refractivity contribution >= 4 is 23.4 Å². The molecule has 2 aliphatic rings. The second-order valence-corrected chi connectivity index (χ2v) is 12.0. The van der Waals surface area contributed by atoms with Crippen LogP contribution in [-0.2, 0) is 4.74 Å². The van der Waals surface area contributed by atoms with Gasteiger partial charge < -0.3 is 34.2 Å². The fourth-order valence-electron chi connectivity index (χ4n) is 5.20. The summed E-state index contributed by atoms with van der Waals surface area (Å²) in [6.07, 6.45) is 2.37. The van der Waals surface area contributed by atoms with Gasteiger partial charge in [0, 0.05) is 63.7 Å². The molecule has 1 N–H and O–H groups in total. The Balaban J connectivity index is 1.24. The zero-order chi connectivity index (χ0) is 31.3. The number of piperazine rings is 1. The van der Waals surface area contributed by atoms with Gasteiger partial charge in [0.05, 0.1) is 18.4 Å². The molecule has 1 amide bonds. The number of likely N-dealkylation sites (tertiary alicyclic amines) is 1. The van der Waals surface area contributed by atoms with Crippen molar-refractivity contribution in [2.24, 2.45) is 0 Å². The molecule has 0 atom stereocenters. The van der Waals surface area contributed by atoms with Crippen LogP contribution in [0.1, 0.15) is 39.2 Å². The van der Waals surface area contributed by atoms with Gasteiger partial charge in [-0.25, -0.2) is 14.8 Å². The summed E-state index contributed by atoms with van der Waals surface area (Å²) in [5, 5.41) is 13.1. The highest BCUT2D eigenvalue weighted by molar-refractivity contribution is 5.69. The summed E-state index contributed by atoms with van der Waals surface area (Å²) in [6, 6.07) is 13.4. The number of ether oxygens (including phenoxy) is 3. The number of carbonyl (C=O) groups is 1. The van der Waals surface area contributed by atoms with E-state index in [1.54, 1.807) is 24.1 Å². The molecule has 5 rings (SSSR count). The lowest BCUT2D eigenvalue weighted by molar-refractivity contribution is 0.0126. The average Bonchev–Trinajstić information content (AvgIpc) is 3.01. The van der Waals surface area contributed by atoms with E-state index in [9.17, 15) is 10.1 Å². The van der Waals surface area contributed by atoms with Crippen molar-refractivity contribution < 1.29 is 19.0 Å². The number of likely N-dealkylation sites (N-methyl/N-ethyl adjacent to an activating group) is 1. The molecule has 0 spiro atoms. The van der Waals surface area contributed by atoms with Crippen LogP contribution in [0, 0.1) is 11.3 Å². The molecule has 44 heavy (non-hydrogen) atoms. The Morgan fingerprint density at radius 2 is 1.75 bits per heavy atom. The number of benzene rings is 1. The predicted octanol–water partition coefficient (Wildman–Crippen LogP) is 4.69. The van der Waals surface area contributed by atoms with E-state index in [2.05, 4.69) is 43.2 Å². The monoisotopic (exact) mass is 600 g/mol. The maximum Gasteiger partial charge on any atom is 0.410 e. The van der Waals surface area contributed by atoms with Crippen LogP contribution in [0.25, 0.3) is 11.3 Å². The van der Waals surface area contributed by atoms with Crippen molar-refractivity contribution in [2.45, 2.75) is 45.3 Å². The largest absolute Gasteiger partial charge is 0.489 e. The van der Waals surface area contributed by atoms with E-state index in [0.29, 0.717) is 60.5 Å². The van der Waals surface area contributed by atoms with E-state index in [1.807, 2.05) is 45.0 Å². The van der Waals surface area contributed by atoms with Gasteiger partial charge in [-0.3, -0.25) is 0 Å². The number of carbonyl (C=O) groups excluding carboxylic acids is 1. The van der Waals surface area contributed by atoms with Crippen molar-refractivity contribution in [1.29, 1.82) is 5.26 Å². The predicted molar refractivity (Wildman–Crippen MR) is 167 cm³/mol. The molecule has 12 heteroatoms. The molecule has 0 aliphatic carbocycles. The van der Waals surface area contributed by atoms with E-state index >= 15 is 0 Å². The lowest BCUT2D eigenvalue weighted by atomic mass is 10.1. The van der Waals surface area contributed by atoms with Crippen molar-refractivity contribution in [2.75, 3.05) is 63.6 Å². The number of rotatable bonds is 7. The van der Waals surface area contributed by atoms with E-state index < -0.39 is 5.60 Å². The van der Waals surface area contributed by atoms with E-state index in [1.165, 1.54) is 6.33 Å². The highest BCUT2D eigenvalue weighted by atomic mass is 16.6. The third-order valence-corrected chi connectivity index (χ3v) is 7.58. The standard InChI is InChI=1S/C32H40N8O4/c1-32(2,3)44-31(41)40-12-10-24(11-13-40)43-27-8-6-22(18-23(27)20-33)25-19-29(35-21-34-25)36-28-9-7-26(30(37-28)42-5)39-16-14-38(4)15-17-39/h6-9,18-19,21,24H,10-17H2,1-5H3,(H,34,35,36,37). The smallest absolute Gasteiger partial charge is 0.410 e. The fourth-order valence-corrected chi connectivity index (χ4v) is 5.20. The number of nitrogens with zero attached hydrogens (tertiary/aromatic N) is 7. The molecule has 2 saturated heterocycles. The molecule has 2 aromatic heterocycles. The highest BCUT2D eigenvalue weighted by Crippen LogP contribution is 2.31. The number of anilines is 3. The molecular formula is C32H40N8O4. The number of nitriles is 1. The summed E-state index contributed by atoms with van der Waals surface area (Å²) in [4.78, 5) is 32.1. The van der Waals surface area contributed by atoms with E-state index in [4.69, 9.17) is 14.2 Å². The Hall–Kier alpha value is -4.63. The minimum Gasteiger partial charge on any atom is -0.489 e. The second kappa shape index (κ2) is 13.3. The maximum absolute atomic E-state index is 12.4. The number of hydrogen-bond acceptors (Lipinski definition) is 11. The summed E-state index contributed by atoms with van der Waals surface area (Å²) in [6.45, 7) is 10.5. The first-order chi connectivity index (χ1) is 21.1. The van der Waals surface area contributed by atoms with Gasteiger partial charge in [0.25, 0.3) is 0 Å². The van der Waals surface area contributed by atoms with Gasteiger partial charge >= 0.3 is 6.09 Å². The number of aromatic nitrogens is 3. The molecule has 2 aliphatic heterocycles. The molecule has 2 fully saturated rings. The van der Waals surface area contributed by atoms with Crippen LogP contribution in [0.5, 0.6) is 11.6 Å². The van der Waals surface area contributed by atoms with Gasteiger partial charge in [0.15, 0.2) is 0 Å². The van der Waals surface area contributed by atoms with Crippen LogP contribution < -0.4 is 19.7 Å². The van der Waals surface area contributed by atoms with Gasteiger partial charge in [-0.2, -0.15) is 10.2 Å². The zero-order valence-corrected chi connectivity index (χ0v) is 26.0. The Morgan fingerprint density at radius 1 is 1.00 bits per heavy atom. The summed E-state index contributed by atoms with van der Waals surface area (Å²) in [7, 11) is 3.75. The summed E-state index contributed by atoms with van der Waals surface area (Å²) in [5.41, 5.74) is 2.26. The lowest BCUT2D eigenvalue weighted by Crippen LogP contribution is -2.44. The van der Waals surface area contributed by atoms with Crippen LogP contribution in [0.3, 0.4) is 0 Å². The van der Waals surface area contributed by atoms with Crippen molar-refractivity contribution in [3.63, 3.8) is 0 Å². The van der Waals surface area contributed by atoms with Crippen LogP contribution in [0.2, 0.25) is 0 Å². The van der Waals surface area contributed by atoms with Gasteiger partial charge in [-0.05, 0) is 58.2 Å². The number of methoxy groups -OCH3 is 1. The quantitative estimate of drug-likeness (QED) is 0.405. The first-order valence-corrected chi connectivity index (χ1v) is 14.9. The summed E-state index contributed by atoms with van der Waals surface area (Å²) < 4.78 is 17.3. The zero-order valence-electron chi connectivity index (χ0n) is 26.0. The third kappa shape index (κ3) is 7.65. The molecule has 3 aromatic rings. The lowest BCUT2D eigenvalue weighted by Gasteiger charge is -2.34. The van der Waals surface area contributed by atoms with Crippen molar-refractivity contribution in [3.05, 3.63) is 48.3 Å². The fraction of sp³-hybridized carbons (Fsp3) is 0.469. The van der Waals surface area contributed by atoms with Crippen LogP contribution in [0.4, 0.5) is 22.1 Å². The van der Waals surface area contributed by atoms with Crippen molar-refractivity contribution in [3.8, 4) is 29.0 Å². The average molecular weight is 601 g/mol. The van der Waals surface area contributed by atoms with Gasteiger partial charge in [-0.15, -0.1) is 0 Å². The molecule has 0 radical (unpaired) electrons. The first kappa shape index (κ1) is 30.8. The number of piperidine rings is 1. The van der Waals surface area contributed by atoms with Crippen LogP contribution in [-0.4, -0.2) is 96.0 Å². The van der Waals surface area contributed by atoms with Gasteiger partial charge in [0.1, 0.15) is 47.2 Å². The molecule has 232 valence electrons. The van der Waals surface area contributed by atoms with Gasteiger partial charge in [0.2, 0.25) is 5.88 Å². The van der Waals surface area contributed by atoms with Crippen molar-refractivity contribution in [1.82, 2.24) is 24.8 Å². The van der Waals surface area contributed by atoms with Gasteiger partial charge in [-0.1, -0.05) is 0 Å². The Morgan fingerprint density at radius 3 is 2.43 bits per heavy atom. The minimum absolute atomic E-state index is 0.103. The number of pyridine rings is 1. The highest BCUT2D eigenvalue weighted by Gasteiger charge is 2.28. The molecule has 0 bridgehead atoms. The van der Waals surface area contributed by atoms with Crippen LogP contribution in [0.15, 0.2) is 42.7 Å². The van der Waals surface area contributed by atoms with E-state index in [-0.39, 0.29) is 12.2 Å². The third-order valence-electron chi connectivity index (χ3n) is 7.58. The van der Waals surface area contributed by atoms with E-state index in [0.717, 1.165) is 37.4 Å². The van der Waals surface area contributed by atoms with Crippen LogP contribution >= 0.6 is 0 Å². The molecule has 0 unspecified atom stereocenters. The number of amides is 1. The number of nitrogens with one attached hydrogen (secondary N) is 1. The topological polar surface area (TPSA) is 129 Å². The minimum atomic E-state index is -0.533. The Labute approximate surface area is 258 Å². The maximum atomic E-state index is 12.4. The molecular weight excluding hydrogens is 560 g/mol. The molecule has 12 nitrogen and oxygen atoms in total.